The van der Waals surface area contributed by atoms with Crippen molar-refractivity contribution in [3.05, 3.63) is 30.0 Å². The topological polar surface area (TPSA) is 68.3 Å². The molecule has 1 aromatic carbocycles. The molecule has 4 rings (SSSR count). The lowest BCUT2D eigenvalue weighted by Gasteiger charge is -2.28. The van der Waals surface area contributed by atoms with Crippen LogP contribution in [-0.2, 0) is 6.18 Å². The summed E-state index contributed by atoms with van der Waals surface area (Å²) in [5, 5.41) is 5.76. The molecule has 1 saturated carbocycles. The molecule has 2 aromatic rings. The Hall–Kier alpha value is -2.71. The van der Waals surface area contributed by atoms with Crippen molar-refractivity contribution in [2.24, 2.45) is 0 Å². The van der Waals surface area contributed by atoms with E-state index in [1.165, 1.54) is 0 Å². The number of hydrogen-bond acceptors (Lipinski definition) is 6. The van der Waals surface area contributed by atoms with E-state index in [9.17, 15) is 13.2 Å². The molecule has 2 aliphatic rings. The molecular formula is C16H15F3N4O2. The number of alkyl halides is 3. The first-order valence-corrected chi connectivity index (χ1v) is 7.86. The first-order chi connectivity index (χ1) is 12.0. The Morgan fingerprint density at radius 3 is 2.64 bits per heavy atom. The summed E-state index contributed by atoms with van der Waals surface area (Å²) in [5.41, 5.74) is -0.269. The van der Waals surface area contributed by atoms with E-state index in [-0.39, 0.29) is 24.6 Å². The van der Waals surface area contributed by atoms with Gasteiger partial charge in [-0.05, 0) is 31.4 Å². The first-order valence-electron chi connectivity index (χ1n) is 7.86. The number of halogens is 3. The zero-order chi connectivity index (χ0) is 17.4. The Kier molecular flexibility index (Phi) is 3.78. The highest BCUT2D eigenvalue weighted by atomic mass is 19.4. The smallest absolute Gasteiger partial charge is 0.421 e. The van der Waals surface area contributed by atoms with E-state index < -0.39 is 11.7 Å². The average Bonchev–Trinajstić information content (AvgIpc) is 2.97. The van der Waals surface area contributed by atoms with Gasteiger partial charge in [0, 0.05) is 24.0 Å². The molecule has 2 N–H and O–H groups in total. The predicted octanol–water partition coefficient (Wildman–Crippen LogP) is 3.93. The maximum absolute atomic E-state index is 13.2. The number of nitrogens with zero attached hydrogens (tertiary/aromatic N) is 2. The highest BCUT2D eigenvalue weighted by molar-refractivity contribution is 5.61. The fourth-order valence-electron chi connectivity index (χ4n) is 2.61. The van der Waals surface area contributed by atoms with Crippen LogP contribution < -0.4 is 20.1 Å². The summed E-state index contributed by atoms with van der Waals surface area (Å²) in [6.45, 7) is 0.144. The van der Waals surface area contributed by atoms with Gasteiger partial charge in [-0.3, -0.25) is 0 Å². The highest BCUT2D eigenvalue weighted by Crippen LogP contribution is 2.37. The van der Waals surface area contributed by atoms with Crippen molar-refractivity contribution >= 4 is 17.5 Å². The number of rotatable bonds is 4. The van der Waals surface area contributed by atoms with E-state index in [4.69, 9.17) is 9.47 Å². The van der Waals surface area contributed by atoms with Crippen LogP contribution in [0.2, 0.25) is 0 Å². The number of benzene rings is 1. The fourth-order valence-corrected chi connectivity index (χ4v) is 2.61. The standard InChI is InChI=1S/C16H15F3N4O2/c17-16(18,19)11-7-20-15(23-14(11)21-9-2-1-3-9)22-10-4-5-12-13(6-10)25-8-24-12/h4-7,9H,1-3,8H2,(H2,20,21,22,23). The molecule has 0 spiro atoms. The van der Waals surface area contributed by atoms with E-state index in [1.54, 1.807) is 18.2 Å². The van der Waals surface area contributed by atoms with E-state index in [0.29, 0.717) is 17.2 Å². The molecule has 1 aromatic heterocycles. The molecule has 9 heteroatoms. The Balaban J connectivity index is 1.60. The zero-order valence-corrected chi connectivity index (χ0v) is 13.1. The molecule has 0 saturated heterocycles. The van der Waals surface area contributed by atoms with Crippen molar-refractivity contribution in [3.63, 3.8) is 0 Å². The summed E-state index contributed by atoms with van der Waals surface area (Å²) >= 11 is 0. The van der Waals surface area contributed by atoms with Crippen LogP contribution in [0.4, 0.5) is 30.6 Å². The van der Waals surface area contributed by atoms with Crippen LogP contribution in [0.3, 0.4) is 0 Å². The number of nitrogens with one attached hydrogen (secondary N) is 2. The van der Waals surface area contributed by atoms with Crippen LogP contribution in [0.1, 0.15) is 24.8 Å². The minimum absolute atomic E-state index is 0.0226. The maximum atomic E-state index is 13.2. The van der Waals surface area contributed by atoms with Gasteiger partial charge in [0.2, 0.25) is 12.7 Å². The van der Waals surface area contributed by atoms with Gasteiger partial charge < -0.3 is 20.1 Å². The van der Waals surface area contributed by atoms with Crippen molar-refractivity contribution in [2.45, 2.75) is 31.5 Å². The van der Waals surface area contributed by atoms with Crippen molar-refractivity contribution in [1.82, 2.24) is 9.97 Å². The van der Waals surface area contributed by atoms with Crippen LogP contribution >= 0.6 is 0 Å². The number of fused-ring (bicyclic) bond motifs is 1. The summed E-state index contributed by atoms with van der Waals surface area (Å²) in [6, 6.07) is 5.13. The van der Waals surface area contributed by atoms with Gasteiger partial charge in [0.15, 0.2) is 11.5 Å². The van der Waals surface area contributed by atoms with Gasteiger partial charge in [0.25, 0.3) is 0 Å². The SMILES string of the molecule is FC(F)(F)c1cnc(Nc2ccc3c(c2)OCO3)nc1NC1CCC1. The van der Waals surface area contributed by atoms with E-state index in [1.807, 2.05) is 0 Å². The molecule has 6 nitrogen and oxygen atoms in total. The zero-order valence-electron chi connectivity index (χ0n) is 13.1. The monoisotopic (exact) mass is 352 g/mol. The fraction of sp³-hybridized carbons (Fsp3) is 0.375. The molecule has 0 bridgehead atoms. The van der Waals surface area contributed by atoms with Crippen LogP contribution in [0.5, 0.6) is 11.5 Å². The van der Waals surface area contributed by atoms with Crippen LogP contribution in [0, 0.1) is 0 Å². The first kappa shape index (κ1) is 15.8. The third kappa shape index (κ3) is 3.26. The molecule has 1 aliphatic heterocycles. The molecule has 132 valence electrons. The van der Waals surface area contributed by atoms with Gasteiger partial charge in [-0.15, -0.1) is 0 Å². The van der Waals surface area contributed by atoms with Gasteiger partial charge in [0.1, 0.15) is 11.4 Å². The summed E-state index contributed by atoms with van der Waals surface area (Å²) in [5.74, 6) is 1.06. The van der Waals surface area contributed by atoms with E-state index in [2.05, 4.69) is 20.6 Å². The molecule has 0 atom stereocenters. The molecule has 1 fully saturated rings. The number of anilines is 3. The van der Waals surface area contributed by atoms with E-state index >= 15 is 0 Å². The van der Waals surface area contributed by atoms with Crippen molar-refractivity contribution < 1.29 is 22.6 Å². The molecule has 0 radical (unpaired) electrons. The molecule has 25 heavy (non-hydrogen) atoms. The summed E-state index contributed by atoms with van der Waals surface area (Å²) in [7, 11) is 0. The number of ether oxygens (including phenoxy) is 2. The Morgan fingerprint density at radius 2 is 1.92 bits per heavy atom. The Morgan fingerprint density at radius 1 is 1.12 bits per heavy atom. The molecule has 2 heterocycles. The largest absolute Gasteiger partial charge is 0.454 e. The Bertz CT molecular complexity index is 793. The number of hydrogen-bond donors (Lipinski definition) is 2. The minimum Gasteiger partial charge on any atom is -0.454 e. The van der Waals surface area contributed by atoms with Gasteiger partial charge in [-0.25, -0.2) is 4.98 Å². The lowest BCUT2D eigenvalue weighted by atomic mass is 9.93. The van der Waals surface area contributed by atoms with Crippen LogP contribution in [0.15, 0.2) is 24.4 Å². The highest BCUT2D eigenvalue weighted by Gasteiger charge is 2.36. The average molecular weight is 352 g/mol. The second-order valence-electron chi connectivity index (χ2n) is 5.92. The lowest BCUT2D eigenvalue weighted by Crippen LogP contribution is -2.29. The van der Waals surface area contributed by atoms with Crippen molar-refractivity contribution in [1.29, 1.82) is 0 Å². The van der Waals surface area contributed by atoms with Crippen LogP contribution in [-0.4, -0.2) is 22.8 Å². The van der Waals surface area contributed by atoms with Crippen LogP contribution in [0.25, 0.3) is 0 Å². The van der Waals surface area contributed by atoms with Crippen molar-refractivity contribution in [2.75, 3.05) is 17.4 Å². The quantitative estimate of drug-likeness (QED) is 0.869. The van der Waals surface area contributed by atoms with E-state index in [0.717, 1.165) is 25.5 Å². The second-order valence-corrected chi connectivity index (χ2v) is 5.92. The minimum atomic E-state index is -4.51. The number of aromatic nitrogens is 2. The molecule has 1 aliphatic carbocycles. The molecule has 0 unspecified atom stereocenters. The lowest BCUT2D eigenvalue weighted by molar-refractivity contribution is -0.137. The van der Waals surface area contributed by atoms with Gasteiger partial charge >= 0.3 is 6.18 Å². The van der Waals surface area contributed by atoms with Crippen molar-refractivity contribution in [3.8, 4) is 11.5 Å². The van der Waals surface area contributed by atoms with Gasteiger partial charge in [-0.1, -0.05) is 0 Å². The Labute approximate surface area is 141 Å². The molecular weight excluding hydrogens is 337 g/mol. The van der Waals surface area contributed by atoms with Gasteiger partial charge in [-0.2, -0.15) is 18.2 Å². The third-order valence-corrected chi connectivity index (χ3v) is 4.17. The summed E-state index contributed by atoms with van der Waals surface area (Å²) < 4.78 is 50.0. The normalized spacial score (nSPS) is 16.4. The summed E-state index contributed by atoms with van der Waals surface area (Å²) in [4.78, 5) is 7.82. The second kappa shape index (κ2) is 5.98. The van der Waals surface area contributed by atoms with Gasteiger partial charge in [0.05, 0.1) is 0 Å². The predicted molar refractivity (Wildman–Crippen MR) is 84.1 cm³/mol. The maximum Gasteiger partial charge on any atom is 0.421 e. The summed E-state index contributed by atoms with van der Waals surface area (Å²) in [6.07, 6.45) is -1.03. The molecule has 0 amide bonds. The third-order valence-electron chi connectivity index (χ3n) is 4.17.